The van der Waals surface area contributed by atoms with Crippen LogP contribution >= 0.6 is 0 Å². The quantitative estimate of drug-likeness (QED) is 0.164. The maximum atomic E-state index is 2.49. The third kappa shape index (κ3) is 5.36. The van der Waals surface area contributed by atoms with Gasteiger partial charge >= 0.3 is 0 Å². The second-order valence-electron chi connectivity index (χ2n) is 16.8. The third-order valence-electron chi connectivity index (χ3n) is 13.4. The van der Waals surface area contributed by atoms with Gasteiger partial charge in [-0.3, -0.25) is 0 Å². The minimum absolute atomic E-state index is 0.334. The predicted molar refractivity (Wildman–Crippen MR) is 261 cm³/mol. The summed E-state index contributed by atoms with van der Waals surface area (Å²) in [4.78, 5) is 0. The zero-order valence-corrected chi connectivity index (χ0v) is 34.0. The van der Waals surface area contributed by atoms with Crippen molar-refractivity contribution in [2.75, 3.05) is 0 Å². The molecular weight excluding hydrogens is 749 g/mol. The van der Waals surface area contributed by atoms with Crippen LogP contribution in [0.2, 0.25) is 0 Å². The summed E-state index contributed by atoms with van der Waals surface area (Å²) in [7, 11) is 0. The van der Waals surface area contributed by atoms with Crippen LogP contribution in [0.5, 0.6) is 0 Å². The lowest BCUT2D eigenvalue weighted by Gasteiger charge is -2.33. The van der Waals surface area contributed by atoms with E-state index in [0.717, 1.165) is 6.42 Å². The first-order valence-corrected chi connectivity index (χ1v) is 21.7. The van der Waals surface area contributed by atoms with Gasteiger partial charge in [0.1, 0.15) is 0 Å². The molecule has 290 valence electrons. The lowest BCUT2D eigenvalue weighted by molar-refractivity contribution is 0.871. The van der Waals surface area contributed by atoms with E-state index in [1.807, 2.05) is 0 Å². The molecule has 2 heterocycles. The second-order valence-corrected chi connectivity index (χ2v) is 16.8. The Balaban J connectivity index is 1.02. The van der Waals surface area contributed by atoms with Crippen LogP contribution in [-0.2, 0) is 0 Å². The highest BCUT2D eigenvalue weighted by atomic mass is 15.0. The molecule has 2 heteroatoms. The molecule has 0 N–H and O–H groups in total. The number of allylic oxidation sites excluding steroid dienone is 4. The summed E-state index contributed by atoms with van der Waals surface area (Å²) in [5.41, 5.74) is 21.4. The number of nitrogens with zero attached hydrogens (tertiary/aromatic N) is 2. The van der Waals surface area contributed by atoms with Gasteiger partial charge in [-0.15, -0.1) is 0 Å². The van der Waals surface area contributed by atoms with Crippen molar-refractivity contribution in [3.63, 3.8) is 0 Å². The first kappa shape index (κ1) is 34.9. The van der Waals surface area contributed by atoms with E-state index in [1.54, 1.807) is 0 Å². The molecule has 2 aliphatic carbocycles. The number of hydrogen-bond acceptors (Lipinski definition) is 0. The van der Waals surface area contributed by atoms with Crippen LogP contribution in [0.3, 0.4) is 0 Å². The Morgan fingerprint density at radius 1 is 0.339 bits per heavy atom. The molecule has 13 rings (SSSR count). The van der Waals surface area contributed by atoms with Crippen molar-refractivity contribution >= 4 is 54.8 Å². The van der Waals surface area contributed by atoms with Gasteiger partial charge in [-0.1, -0.05) is 146 Å². The Morgan fingerprint density at radius 3 is 1.40 bits per heavy atom. The molecule has 2 aromatic heterocycles. The van der Waals surface area contributed by atoms with Crippen molar-refractivity contribution in [3.8, 4) is 44.8 Å². The van der Waals surface area contributed by atoms with Gasteiger partial charge < -0.3 is 9.13 Å². The molecule has 0 amide bonds. The highest BCUT2D eigenvalue weighted by molar-refractivity contribution is 6.12. The van der Waals surface area contributed by atoms with Crippen LogP contribution in [0.25, 0.3) is 99.5 Å². The molecule has 2 nitrogen and oxygen atoms in total. The molecule has 0 aliphatic heterocycles. The van der Waals surface area contributed by atoms with Gasteiger partial charge in [0.2, 0.25) is 0 Å². The SMILES string of the molecule is C1=C(c2cc(-c3ccc4c(c3)c3ccccc3n4-c3ccccc3)cc(-c3ccc4c(c3)c3ccccc3n4-c3ccccc3)c2)C=C2c3ccccc3-c3ccccc3C2C1. The van der Waals surface area contributed by atoms with E-state index >= 15 is 0 Å². The Bertz CT molecular complexity index is 3480. The maximum Gasteiger partial charge on any atom is 0.0541 e. The fourth-order valence-electron chi connectivity index (χ4n) is 10.6. The molecule has 1 unspecified atom stereocenters. The summed E-state index contributed by atoms with van der Waals surface area (Å²) < 4.78 is 4.79. The molecule has 0 radical (unpaired) electrons. The molecule has 0 spiro atoms. The maximum absolute atomic E-state index is 2.49. The minimum Gasteiger partial charge on any atom is -0.309 e. The zero-order valence-electron chi connectivity index (χ0n) is 34.0. The van der Waals surface area contributed by atoms with Crippen molar-refractivity contribution < 1.29 is 0 Å². The summed E-state index contributed by atoms with van der Waals surface area (Å²) in [6, 6.07) is 78.4. The van der Waals surface area contributed by atoms with E-state index in [1.165, 1.54) is 116 Å². The number of aromatic nitrogens is 2. The Hall–Kier alpha value is -7.94. The van der Waals surface area contributed by atoms with Crippen LogP contribution in [0.15, 0.2) is 224 Å². The molecule has 2 aliphatic rings. The molecule has 0 saturated carbocycles. The predicted octanol–water partition coefficient (Wildman–Crippen LogP) is 15.8. The lowest BCUT2D eigenvalue weighted by Crippen LogP contribution is -2.12. The van der Waals surface area contributed by atoms with Gasteiger partial charge in [0.15, 0.2) is 0 Å². The van der Waals surface area contributed by atoms with Gasteiger partial charge in [0.05, 0.1) is 22.1 Å². The molecule has 1 atom stereocenters. The van der Waals surface area contributed by atoms with Crippen molar-refractivity contribution in [3.05, 3.63) is 241 Å². The van der Waals surface area contributed by atoms with Crippen molar-refractivity contribution in [1.29, 1.82) is 0 Å². The standard InChI is InChI=1S/C60H40N2/c1-3-15-45(16-4-1)61-57-25-13-11-23-52(57)55-37-40(28-31-59(55)61)43-33-42(39-27-30-51-49-21-8-7-19-47(49)48-20-9-10-22-50(48)54(51)36-39)34-44(35-43)41-29-32-60-56(38-41)53-24-12-14-26-58(53)62(60)46-17-5-2-6-18-46/h1-29,31-38,51H,30H2. The van der Waals surface area contributed by atoms with E-state index < -0.39 is 0 Å². The van der Waals surface area contributed by atoms with Crippen LogP contribution in [-0.4, -0.2) is 9.13 Å². The first-order valence-electron chi connectivity index (χ1n) is 21.7. The Kier molecular flexibility index (Phi) is 7.77. The van der Waals surface area contributed by atoms with Crippen LogP contribution < -0.4 is 0 Å². The summed E-state index contributed by atoms with van der Waals surface area (Å²) in [6.07, 6.45) is 5.93. The monoisotopic (exact) mass is 788 g/mol. The summed E-state index contributed by atoms with van der Waals surface area (Å²) in [5.74, 6) is 0.334. The normalized spacial score (nSPS) is 14.4. The smallest absolute Gasteiger partial charge is 0.0541 e. The summed E-state index contributed by atoms with van der Waals surface area (Å²) in [6.45, 7) is 0. The highest BCUT2D eigenvalue weighted by Crippen LogP contribution is 2.51. The molecule has 11 aromatic rings. The summed E-state index contributed by atoms with van der Waals surface area (Å²) >= 11 is 0. The average Bonchev–Trinajstić information content (AvgIpc) is 3.86. The lowest BCUT2D eigenvalue weighted by atomic mass is 9.71. The second kappa shape index (κ2) is 13.8. The van der Waals surface area contributed by atoms with Crippen LogP contribution in [0.4, 0.5) is 0 Å². The van der Waals surface area contributed by atoms with E-state index in [9.17, 15) is 0 Å². The Labute approximate surface area is 360 Å². The molecule has 0 bridgehead atoms. The first-order chi connectivity index (χ1) is 30.7. The topological polar surface area (TPSA) is 9.86 Å². The van der Waals surface area contributed by atoms with Gasteiger partial charge in [0, 0.05) is 38.8 Å². The number of benzene rings is 9. The minimum atomic E-state index is 0.334. The molecule has 9 aromatic carbocycles. The zero-order chi connectivity index (χ0) is 40.7. The van der Waals surface area contributed by atoms with Crippen molar-refractivity contribution in [2.45, 2.75) is 12.3 Å². The molecule has 0 saturated heterocycles. The van der Waals surface area contributed by atoms with E-state index in [-0.39, 0.29) is 0 Å². The number of rotatable bonds is 5. The highest BCUT2D eigenvalue weighted by Gasteiger charge is 2.30. The number of fused-ring (bicyclic) bond motifs is 12. The van der Waals surface area contributed by atoms with E-state index in [0.29, 0.717) is 5.92 Å². The fraction of sp³-hybridized carbons (Fsp3) is 0.0333. The average molecular weight is 789 g/mol. The van der Waals surface area contributed by atoms with Crippen LogP contribution in [0, 0.1) is 0 Å². The van der Waals surface area contributed by atoms with Crippen molar-refractivity contribution in [2.24, 2.45) is 0 Å². The molecular formula is C60H40N2. The largest absolute Gasteiger partial charge is 0.309 e. The fourth-order valence-corrected chi connectivity index (χ4v) is 10.6. The Morgan fingerprint density at radius 2 is 0.806 bits per heavy atom. The van der Waals surface area contributed by atoms with E-state index in [2.05, 4.69) is 234 Å². The molecule has 0 fully saturated rings. The molecule has 62 heavy (non-hydrogen) atoms. The van der Waals surface area contributed by atoms with Gasteiger partial charge in [-0.05, 0) is 147 Å². The van der Waals surface area contributed by atoms with Gasteiger partial charge in [-0.2, -0.15) is 0 Å². The van der Waals surface area contributed by atoms with Crippen LogP contribution in [0.1, 0.15) is 29.0 Å². The summed E-state index contributed by atoms with van der Waals surface area (Å²) in [5, 5.41) is 5.02. The van der Waals surface area contributed by atoms with Gasteiger partial charge in [0.25, 0.3) is 0 Å². The number of para-hydroxylation sites is 4. The van der Waals surface area contributed by atoms with Crippen molar-refractivity contribution in [1.82, 2.24) is 9.13 Å². The third-order valence-corrected chi connectivity index (χ3v) is 13.4. The van der Waals surface area contributed by atoms with Gasteiger partial charge in [-0.25, -0.2) is 0 Å². The number of hydrogen-bond donors (Lipinski definition) is 0. The van der Waals surface area contributed by atoms with E-state index in [4.69, 9.17) is 0 Å².